The molecule has 0 aliphatic carbocycles. The Bertz CT molecular complexity index is 1070. The molecule has 0 aliphatic heterocycles. The molecule has 0 aromatic heterocycles. The molecule has 0 N–H and O–H groups in total. The first kappa shape index (κ1) is 29.0. The van der Waals surface area contributed by atoms with Gasteiger partial charge in [0, 0.05) is 0 Å². The Morgan fingerprint density at radius 3 is 0.645 bits per heavy atom. The molecule has 0 saturated carbocycles. The average Bonchev–Trinajstić information content (AvgIpc) is 2.69. The van der Waals surface area contributed by atoms with Crippen molar-refractivity contribution in [1.29, 1.82) is 0 Å². The summed E-state index contributed by atoms with van der Waals surface area (Å²) in [6, 6.07) is 21.6. The van der Waals surface area contributed by atoms with Crippen LogP contribution in [0.5, 0.6) is 0 Å². The fraction of sp³-hybridized carbons (Fsp3) is 0. The van der Waals surface area contributed by atoms with Gasteiger partial charge in [-0.15, -0.1) is 0 Å². The van der Waals surface area contributed by atoms with Crippen LogP contribution < -0.4 is 0 Å². The summed E-state index contributed by atoms with van der Waals surface area (Å²) in [7, 11) is -12.8. The van der Waals surface area contributed by atoms with Crippen LogP contribution in [0.25, 0.3) is 0 Å². The molecule has 0 heterocycles. The number of hydrogen-bond donors (Lipinski definition) is 0. The molecule has 3 aromatic carbocycles. The maximum Gasteiger partial charge on any atom is 3.00 e. The Morgan fingerprint density at radius 1 is 0.387 bits per heavy atom. The van der Waals surface area contributed by atoms with E-state index in [1.165, 1.54) is 72.8 Å². The Hall–Kier alpha value is -1.99. The molecule has 31 heavy (non-hydrogen) atoms. The van der Waals surface area contributed by atoms with Gasteiger partial charge in [-0.3, -0.25) is 0 Å². The third-order valence-corrected chi connectivity index (χ3v) is 5.64. The van der Waals surface area contributed by atoms with E-state index < -0.39 is 30.4 Å². The first-order valence-electron chi connectivity index (χ1n) is 7.84. The first-order valence-corrected chi connectivity index (χ1v) is 12.1. The zero-order chi connectivity index (χ0) is 22.8. The Morgan fingerprint density at radius 2 is 0.548 bits per heavy atom. The van der Waals surface area contributed by atoms with E-state index in [1.54, 1.807) is 18.2 Å². The van der Waals surface area contributed by atoms with E-state index >= 15 is 0 Å². The minimum absolute atomic E-state index is 0. The summed E-state index contributed by atoms with van der Waals surface area (Å²) >= 11 is 0. The third kappa shape index (κ3) is 11.8. The van der Waals surface area contributed by atoms with Gasteiger partial charge in [-0.05, 0) is 36.4 Å². The number of rotatable bonds is 3. The van der Waals surface area contributed by atoms with Crippen molar-refractivity contribution in [3.8, 4) is 0 Å². The molecule has 0 atom stereocenters. The second kappa shape index (κ2) is 12.8. The predicted octanol–water partition coefficient (Wildman–Crippen LogP) is 1.77. The summed E-state index contributed by atoms with van der Waals surface area (Å²) in [4.78, 5) is -0.556. The molecule has 0 amide bonds. The van der Waals surface area contributed by atoms with Crippen molar-refractivity contribution in [3.63, 3.8) is 0 Å². The van der Waals surface area contributed by atoms with Crippen molar-refractivity contribution in [1.82, 2.24) is 0 Å². The second-order valence-corrected chi connectivity index (χ2v) is 9.44. The van der Waals surface area contributed by atoms with Crippen LogP contribution in [0.4, 0.5) is 0 Å². The van der Waals surface area contributed by atoms with Gasteiger partial charge in [0.15, 0.2) is 0 Å². The van der Waals surface area contributed by atoms with Crippen molar-refractivity contribution in [2.45, 2.75) is 14.7 Å². The van der Waals surface area contributed by atoms with E-state index in [1.807, 2.05) is 0 Å². The smallest absolute Gasteiger partial charge is 0.744 e. The van der Waals surface area contributed by atoms with Crippen molar-refractivity contribution < 1.29 is 58.4 Å². The summed E-state index contributed by atoms with van der Waals surface area (Å²) in [5, 5.41) is 0. The van der Waals surface area contributed by atoms with Crippen LogP contribution in [-0.4, -0.2) is 38.9 Å². The maximum absolute atomic E-state index is 10.3. The van der Waals surface area contributed by atoms with E-state index in [0.717, 1.165) is 0 Å². The minimum Gasteiger partial charge on any atom is -0.744 e. The molecule has 0 spiro atoms. The van der Waals surface area contributed by atoms with Crippen LogP contribution in [0, 0.1) is 0 Å². The zero-order valence-corrected chi connectivity index (χ0v) is 19.5. The van der Waals surface area contributed by atoms with Crippen LogP contribution in [-0.2, 0) is 49.8 Å². The fourth-order valence-corrected chi connectivity index (χ4v) is 3.23. The number of hydrogen-bond acceptors (Lipinski definition) is 9. The second-order valence-electron chi connectivity index (χ2n) is 5.30. The molecule has 0 radical (unpaired) electrons. The molecule has 0 fully saturated rings. The van der Waals surface area contributed by atoms with Crippen LogP contribution in [0.15, 0.2) is 106 Å². The van der Waals surface area contributed by atoms with Crippen molar-refractivity contribution in [2.24, 2.45) is 0 Å². The van der Waals surface area contributed by atoms with E-state index in [9.17, 15) is 38.9 Å². The fourth-order valence-electron chi connectivity index (χ4n) is 1.76. The Balaban J connectivity index is 0.000000429. The van der Waals surface area contributed by atoms with Crippen LogP contribution in [0.1, 0.15) is 0 Å². The third-order valence-electron chi connectivity index (χ3n) is 3.10. The normalized spacial score (nSPS) is 10.9. The van der Waals surface area contributed by atoms with Crippen LogP contribution >= 0.6 is 0 Å². The van der Waals surface area contributed by atoms with Crippen molar-refractivity contribution in [2.75, 3.05) is 0 Å². The summed E-state index contributed by atoms with van der Waals surface area (Å²) in [5.74, 6) is 0. The summed E-state index contributed by atoms with van der Waals surface area (Å²) in [6.45, 7) is 0. The molecular formula is C18H15O9RhS3. The van der Waals surface area contributed by atoms with E-state index in [0.29, 0.717) is 0 Å². The number of benzene rings is 3. The minimum atomic E-state index is -4.25. The van der Waals surface area contributed by atoms with Gasteiger partial charge in [0.1, 0.15) is 30.4 Å². The van der Waals surface area contributed by atoms with Gasteiger partial charge in [0.2, 0.25) is 0 Å². The molecular weight excluding hydrogens is 559 g/mol. The largest absolute Gasteiger partial charge is 3.00 e. The van der Waals surface area contributed by atoms with Gasteiger partial charge in [0.25, 0.3) is 0 Å². The Kier molecular flexibility index (Phi) is 11.9. The Labute approximate surface area is 193 Å². The maximum atomic E-state index is 10.3. The zero-order valence-electron chi connectivity index (χ0n) is 15.4. The molecule has 9 nitrogen and oxygen atoms in total. The van der Waals surface area contributed by atoms with Crippen LogP contribution in [0.3, 0.4) is 0 Å². The molecule has 13 heteroatoms. The van der Waals surface area contributed by atoms with E-state index in [2.05, 4.69) is 0 Å². The van der Waals surface area contributed by atoms with Crippen molar-refractivity contribution in [3.05, 3.63) is 91.0 Å². The van der Waals surface area contributed by atoms with Gasteiger partial charge in [-0.25, -0.2) is 25.3 Å². The average molecular weight is 574 g/mol. The molecule has 0 bridgehead atoms. The monoisotopic (exact) mass is 574 g/mol. The SMILES string of the molecule is O=S(=O)([O-])c1ccccc1.O=S(=O)([O-])c1ccccc1.O=S(=O)([O-])c1ccccc1.[Rh+3]. The standard InChI is InChI=1S/3C6H6O3S.Rh/c3*7-10(8,9)6-4-2-1-3-5-6;/h3*1-5H,(H,7,8,9);/q;;;+3/p-3. The summed E-state index contributed by atoms with van der Waals surface area (Å²) in [6.07, 6.45) is 0. The molecule has 0 unspecified atom stereocenters. The van der Waals surface area contributed by atoms with Crippen LogP contribution in [0.2, 0.25) is 0 Å². The molecule has 0 aliphatic rings. The van der Waals surface area contributed by atoms with E-state index in [-0.39, 0.29) is 34.2 Å². The molecule has 3 aromatic rings. The summed E-state index contributed by atoms with van der Waals surface area (Å²) in [5.41, 5.74) is 0. The quantitative estimate of drug-likeness (QED) is 0.334. The van der Waals surface area contributed by atoms with Gasteiger partial charge in [-0.2, -0.15) is 0 Å². The van der Waals surface area contributed by atoms with Crippen molar-refractivity contribution >= 4 is 30.4 Å². The van der Waals surface area contributed by atoms with E-state index in [4.69, 9.17) is 0 Å². The summed E-state index contributed by atoms with van der Waals surface area (Å²) < 4.78 is 92.5. The molecule has 0 saturated heterocycles. The predicted molar refractivity (Wildman–Crippen MR) is 103 cm³/mol. The first-order chi connectivity index (χ1) is 13.8. The van der Waals surface area contributed by atoms with Gasteiger partial charge in [-0.1, -0.05) is 54.6 Å². The van der Waals surface area contributed by atoms with Gasteiger partial charge >= 0.3 is 19.5 Å². The molecule has 3 rings (SSSR count). The molecule has 168 valence electrons. The topological polar surface area (TPSA) is 172 Å². The van der Waals surface area contributed by atoms with Gasteiger partial charge in [0.05, 0.1) is 14.7 Å². The van der Waals surface area contributed by atoms with Gasteiger partial charge < -0.3 is 13.7 Å².